The number of rotatable bonds is 2. The highest BCUT2D eigenvalue weighted by Gasteiger charge is 2.23. The molecule has 2 rings (SSSR count). The van der Waals surface area contributed by atoms with Crippen molar-refractivity contribution in [3.05, 3.63) is 17.4 Å². The molecule has 1 aliphatic heterocycles. The van der Waals surface area contributed by atoms with Crippen LogP contribution in [0.25, 0.3) is 0 Å². The highest BCUT2D eigenvalue weighted by atomic mass is 35.5. The Hall–Kier alpha value is -0.870. The lowest BCUT2D eigenvalue weighted by atomic mass is 10.0. The maximum atomic E-state index is 9.25. The number of aliphatic hydroxyl groups excluding tert-OH is 1. The summed E-state index contributed by atoms with van der Waals surface area (Å²) in [6.07, 6.45) is 6.47. The topological polar surface area (TPSA) is 49.2 Å². The zero-order chi connectivity index (χ0) is 10.7. The zero-order valence-corrected chi connectivity index (χ0v) is 9.19. The molecule has 1 aromatic rings. The fourth-order valence-electron chi connectivity index (χ4n) is 1.91. The molecule has 0 amide bonds. The largest absolute Gasteiger partial charge is 0.394 e. The van der Waals surface area contributed by atoms with Crippen LogP contribution in [0.5, 0.6) is 0 Å². The summed E-state index contributed by atoms with van der Waals surface area (Å²) in [5, 5.41) is 9.79. The van der Waals surface area contributed by atoms with Gasteiger partial charge in [0, 0.05) is 6.54 Å². The van der Waals surface area contributed by atoms with Crippen LogP contribution in [0.3, 0.4) is 0 Å². The average molecular weight is 228 g/mol. The molecule has 82 valence electrons. The Labute approximate surface area is 93.9 Å². The quantitative estimate of drug-likeness (QED) is 0.832. The first kappa shape index (κ1) is 10.6. The van der Waals surface area contributed by atoms with Crippen LogP contribution in [-0.2, 0) is 0 Å². The van der Waals surface area contributed by atoms with E-state index >= 15 is 0 Å². The number of anilines is 1. The lowest BCUT2D eigenvalue weighted by molar-refractivity contribution is 0.239. The Morgan fingerprint density at radius 1 is 1.40 bits per heavy atom. The van der Waals surface area contributed by atoms with Crippen molar-refractivity contribution in [3.63, 3.8) is 0 Å². The molecule has 1 unspecified atom stereocenters. The summed E-state index contributed by atoms with van der Waals surface area (Å²) < 4.78 is 0. The number of hydrogen-bond donors (Lipinski definition) is 1. The maximum Gasteiger partial charge on any atom is 0.225 e. The van der Waals surface area contributed by atoms with Crippen molar-refractivity contribution in [2.24, 2.45) is 0 Å². The molecule has 0 aromatic carbocycles. The van der Waals surface area contributed by atoms with Crippen LogP contribution in [-0.4, -0.2) is 34.3 Å². The van der Waals surface area contributed by atoms with Gasteiger partial charge in [-0.05, 0) is 19.3 Å². The molecule has 1 atom stereocenters. The molecule has 0 aliphatic carbocycles. The first-order valence-electron chi connectivity index (χ1n) is 5.16. The van der Waals surface area contributed by atoms with E-state index in [0.717, 1.165) is 25.8 Å². The standard InChI is InChI=1S/C10H14ClN3O/c11-8-5-12-10(13-6-8)14-4-2-1-3-9(14)7-15/h5-6,9,15H,1-4,7H2. The Bertz CT molecular complexity index is 317. The van der Waals surface area contributed by atoms with Crippen molar-refractivity contribution in [1.82, 2.24) is 9.97 Å². The van der Waals surface area contributed by atoms with Crippen LogP contribution >= 0.6 is 11.6 Å². The highest BCUT2D eigenvalue weighted by molar-refractivity contribution is 6.30. The molecule has 1 N–H and O–H groups in total. The average Bonchev–Trinajstić information content (AvgIpc) is 2.30. The number of aromatic nitrogens is 2. The van der Waals surface area contributed by atoms with Gasteiger partial charge in [0.05, 0.1) is 30.1 Å². The van der Waals surface area contributed by atoms with Crippen LogP contribution in [0.1, 0.15) is 19.3 Å². The van der Waals surface area contributed by atoms with Crippen LogP contribution in [0.2, 0.25) is 5.02 Å². The van der Waals surface area contributed by atoms with Gasteiger partial charge in [0.25, 0.3) is 0 Å². The minimum Gasteiger partial charge on any atom is -0.394 e. The second kappa shape index (κ2) is 4.77. The Balaban J connectivity index is 2.16. The smallest absolute Gasteiger partial charge is 0.225 e. The molecule has 0 saturated carbocycles. The number of piperidine rings is 1. The molecule has 0 spiro atoms. The van der Waals surface area contributed by atoms with Gasteiger partial charge in [-0.1, -0.05) is 11.6 Å². The van der Waals surface area contributed by atoms with Gasteiger partial charge in [-0.2, -0.15) is 0 Å². The predicted molar refractivity (Wildman–Crippen MR) is 59.1 cm³/mol. The number of halogens is 1. The van der Waals surface area contributed by atoms with E-state index in [0.29, 0.717) is 11.0 Å². The summed E-state index contributed by atoms with van der Waals surface area (Å²) in [5.74, 6) is 0.665. The lowest BCUT2D eigenvalue weighted by Gasteiger charge is -2.34. The van der Waals surface area contributed by atoms with Crippen LogP contribution < -0.4 is 4.90 Å². The summed E-state index contributed by atoms with van der Waals surface area (Å²) >= 11 is 5.73. The van der Waals surface area contributed by atoms with E-state index in [4.69, 9.17) is 11.6 Å². The summed E-state index contributed by atoms with van der Waals surface area (Å²) in [7, 11) is 0. The molecule has 2 heterocycles. The fourth-order valence-corrected chi connectivity index (χ4v) is 2.01. The van der Waals surface area contributed by atoms with E-state index in [1.165, 1.54) is 0 Å². The molecular weight excluding hydrogens is 214 g/mol. The van der Waals surface area contributed by atoms with E-state index in [9.17, 15) is 5.11 Å². The molecule has 1 saturated heterocycles. The van der Waals surface area contributed by atoms with Crippen LogP contribution in [0, 0.1) is 0 Å². The SMILES string of the molecule is OCC1CCCCN1c1ncc(Cl)cn1. The van der Waals surface area contributed by atoms with Crippen LogP contribution in [0.15, 0.2) is 12.4 Å². The van der Waals surface area contributed by atoms with Crippen LogP contribution in [0.4, 0.5) is 5.95 Å². The summed E-state index contributed by atoms with van der Waals surface area (Å²) in [6.45, 7) is 1.07. The van der Waals surface area contributed by atoms with Gasteiger partial charge >= 0.3 is 0 Å². The van der Waals surface area contributed by atoms with Gasteiger partial charge in [0.15, 0.2) is 0 Å². The molecular formula is C10H14ClN3O. The molecule has 0 bridgehead atoms. The van der Waals surface area contributed by atoms with E-state index < -0.39 is 0 Å². The second-order valence-corrected chi connectivity index (χ2v) is 4.16. The third kappa shape index (κ3) is 2.38. The fraction of sp³-hybridized carbons (Fsp3) is 0.600. The summed E-state index contributed by atoms with van der Waals surface area (Å²) in [6, 6.07) is 0.153. The minimum atomic E-state index is 0.153. The molecule has 1 fully saturated rings. The molecule has 5 heteroatoms. The monoisotopic (exact) mass is 227 g/mol. The van der Waals surface area contributed by atoms with Crippen molar-refractivity contribution in [1.29, 1.82) is 0 Å². The van der Waals surface area contributed by atoms with Crippen molar-refractivity contribution < 1.29 is 5.11 Å². The van der Waals surface area contributed by atoms with Gasteiger partial charge in [-0.15, -0.1) is 0 Å². The van der Waals surface area contributed by atoms with Gasteiger partial charge in [-0.25, -0.2) is 9.97 Å². The predicted octanol–water partition coefficient (Wildman–Crippen LogP) is 1.48. The van der Waals surface area contributed by atoms with Gasteiger partial charge < -0.3 is 10.0 Å². The first-order chi connectivity index (χ1) is 7.31. The van der Waals surface area contributed by atoms with Crippen molar-refractivity contribution in [2.45, 2.75) is 25.3 Å². The maximum absolute atomic E-state index is 9.25. The summed E-state index contributed by atoms with van der Waals surface area (Å²) in [5.41, 5.74) is 0. The number of aliphatic hydroxyl groups is 1. The Morgan fingerprint density at radius 3 is 2.80 bits per heavy atom. The molecule has 1 aliphatic rings. The number of hydrogen-bond acceptors (Lipinski definition) is 4. The lowest BCUT2D eigenvalue weighted by Crippen LogP contribution is -2.42. The molecule has 4 nitrogen and oxygen atoms in total. The molecule has 0 radical (unpaired) electrons. The van der Waals surface area contributed by atoms with Gasteiger partial charge in [0.2, 0.25) is 5.95 Å². The van der Waals surface area contributed by atoms with Gasteiger partial charge in [0.1, 0.15) is 0 Å². The number of nitrogens with zero attached hydrogens (tertiary/aromatic N) is 3. The second-order valence-electron chi connectivity index (χ2n) is 3.73. The highest BCUT2D eigenvalue weighted by Crippen LogP contribution is 2.21. The van der Waals surface area contributed by atoms with E-state index in [1.54, 1.807) is 12.4 Å². The Kier molecular flexibility index (Phi) is 3.38. The van der Waals surface area contributed by atoms with Crippen molar-refractivity contribution in [2.75, 3.05) is 18.1 Å². The van der Waals surface area contributed by atoms with Crippen molar-refractivity contribution >= 4 is 17.5 Å². The zero-order valence-electron chi connectivity index (χ0n) is 8.43. The summed E-state index contributed by atoms with van der Waals surface area (Å²) in [4.78, 5) is 10.4. The Morgan fingerprint density at radius 2 is 2.13 bits per heavy atom. The first-order valence-corrected chi connectivity index (χ1v) is 5.54. The normalized spacial score (nSPS) is 21.7. The third-order valence-electron chi connectivity index (χ3n) is 2.70. The molecule has 1 aromatic heterocycles. The third-order valence-corrected chi connectivity index (χ3v) is 2.90. The van der Waals surface area contributed by atoms with Gasteiger partial charge in [-0.3, -0.25) is 0 Å². The van der Waals surface area contributed by atoms with Crippen molar-refractivity contribution in [3.8, 4) is 0 Å². The minimum absolute atomic E-state index is 0.153. The van der Waals surface area contributed by atoms with E-state index in [1.807, 2.05) is 0 Å². The van der Waals surface area contributed by atoms with E-state index in [-0.39, 0.29) is 12.6 Å². The molecule has 15 heavy (non-hydrogen) atoms. The van der Waals surface area contributed by atoms with E-state index in [2.05, 4.69) is 14.9 Å².